The summed E-state index contributed by atoms with van der Waals surface area (Å²) >= 11 is 0. The smallest absolute Gasteiger partial charge is 0.141 e. The zero-order valence-corrected chi connectivity index (χ0v) is 92.5. The molecule has 18 nitrogen and oxygen atoms in total. The van der Waals surface area contributed by atoms with Crippen molar-refractivity contribution in [3.05, 3.63) is 137 Å². The van der Waals surface area contributed by atoms with Crippen LogP contribution < -0.4 is 0 Å². The van der Waals surface area contributed by atoms with Gasteiger partial charge in [0.15, 0.2) is 0 Å². The first-order valence-corrected chi connectivity index (χ1v) is 52.7. The summed E-state index contributed by atoms with van der Waals surface area (Å²) in [5.74, 6) is 3.08. The lowest BCUT2D eigenvalue weighted by Crippen LogP contribution is -2.59. The lowest BCUT2D eigenvalue weighted by atomic mass is 9.75. The van der Waals surface area contributed by atoms with E-state index in [-0.39, 0.29) is 25.8 Å². The Kier molecular flexibility index (Phi) is 47.5. The van der Waals surface area contributed by atoms with Gasteiger partial charge in [0.2, 0.25) is 0 Å². The standard InChI is InChI=1S/2C13H19N.C12H24N2.C11H18N2.C11H14N2.C10H21N.C9H16N4.C9H20N2.2C9H19N.C8H17N.2CH4/c2*1-13(2,3)14-9-8-11-6-4-5-7-12(11)10-14;1-12(2,3)14-9-8-13-7-5-4-6-11(13)10-14;1-11(2,3)13-8-7-12-6-4-5-10(12)9-13;1-11(2,3)10-12-8-6-4-5-7-9(8)13-10;1-10(2,3)9-5-7-11(4)8-6-9;1-9(2,3)12-4-5-13-8(6-12)10-7-11-13;1-9(2,3)11-7-5-10(4)6-8-11;2*1-9(2,3)10-7-5-4-6-8-10;1-8(2,3)9-6-4-5-7-9;;/h2*4-7H,8-10H2,1-3H3;11H,4-10H2,1-3H3;4-6H,7-9H2,1-3H3;4-7H,1-3H3,(H,12,13);9H,5-8H2,1-4H3;7H,4-6H2,1-3H3;5-8H2,1-4H3;2*4-8H2,1-3H3;4-7H2,1-3H3;2*1H4. The molecule has 11 aliphatic heterocycles. The van der Waals surface area contributed by atoms with Crippen molar-refractivity contribution >= 4 is 11.0 Å². The summed E-state index contributed by atoms with van der Waals surface area (Å²) in [5, 5.41) is 4.15. The van der Waals surface area contributed by atoms with Gasteiger partial charge in [0.05, 0.1) is 24.1 Å². The number of likely N-dealkylation sites (N-methyl/N-ethyl adjacent to an activating group) is 1. The topological polar surface area (TPSA) is 103 Å². The summed E-state index contributed by atoms with van der Waals surface area (Å²) in [5.41, 5.74) is 13.4. The van der Waals surface area contributed by atoms with E-state index >= 15 is 0 Å². The number of aromatic nitrogens is 6. The molecule has 7 fully saturated rings. The summed E-state index contributed by atoms with van der Waals surface area (Å²) in [6.07, 6.45) is 24.6. The lowest BCUT2D eigenvalue weighted by molar-refractivity contribution is 0.00573. The van der Waals surface area contributed by atoms with Gasteiger partial charge in [-0.25, -0.2) is 14.6 Å². The molecule has 0 amide bonds. The Morgan fingerprint density at radius 3 is 1.11 bits per heavy atom. The molecule has 0 saturated carbocycles. The van der Waals surface area contributed by atoms with Gasteiger partial charge in [-0.1, -0.05) is 136 Å². The van der Waals surface area contributed by atoms with Gasteiger partial charge in [-0.2, -0.15) is 5.10 Å². The second-order valence-electron chi connectivity index (χ2n) is 51.4. The van der Waals surface area contributed by atoms with Crippen molar-refractivity contribution in [3.8, 4) is 0 Å². The summed E-state index contributed by atoms with van der Waals surface area (Å²) in [4.78, 5) is 42.6. The number of nitrogens with one attached hydrogen (secondary N) is 1. The Hall–Kier alpha value is -4.93. The first kappa shape index (κ1) is 120. The number of hydrogen-bond acceptors (Lipinski definition) is 15. The highest BCUT2D eigenvalue weighted by atomic mass is 15.4. The molecule has 768 valence electrons. The maximum absolute atomic E-state index is 4.53. The second-order valence-corrected chi connectivity index (χ2v) is 51.4. The minimum absolute atomic E-state index is 0. The van der Waals surface area contributed by atoms with Gasteiger partial charge in [0.1, 0.15) is 18.0 Å². The van der Waals surface area contributed by atoms with Crippen molar-refractivity contribution in [3.63, 3.8) is 0 Å². The minimum Gasteiger partial charge on any atom is -0.349 e. The summed E-state index contributed by atoms with van der Waals surface area (Å²) in [6.45, 7) is 107. The van der Waals surface area contributed by atoms with Gasteiger partial charge in [0, 0.05) is 171 Å². The van der Waals surface area contributed by atoms with Crippen LogP contribution in [-0.2, 0) is 57.5 Å². The quantitative estimate of drug-likeness (QED) is 0.156. The number of rotatable bonds is 0. The maximum atomic E-state index is 4.53. The number of benzene rings is 3. The predicted molar refractivity (Wildman–Crippen MR) is 584 cm³/mol. The number of nitrogens with zero attached hydrogens (tertiary/aromatic N) is 17. The zero-order chi connectivity index (χ0) is 98.1. The largest absolute Gasteiger partial charge is 0.349 e. The fourth-order valence-electron chi connectivity index (χ4n) is 19.6. The molecule has 1 N–H and O–H groups in total. The number of aromatic amines is 1. The Morgan fingerprint density at radius 1 is 0.313 bits per heavy atom. The van der Waals surface area contributed by atoms with Crippen molar-refractivity contribution in [1.29, 1.82) is 0 Å². The average molecular weight is 1860 g/mol. The van der Waals surface area contributed by atoms with E-state index < -0.39 is 0 Å². The summed E-state index contributed by atoms with van der Waals surface area (Å²) < 4.78 is 4.34. The Balaban J connectivity index is 0.000000261. The van der Waals surface area contributed by atoms with Gasteiger partial charge in [-0.3, -0.25) is 49.0 Å². The van der Waals surface area contributed by atoms with Crippen LogP contribution in [0.2, 0.25) is 0 Å². The molecule has 0 aliphatic carbocycles. The van der Waals surface area contributed by atoms with Crippen LogP contribution >= 0.6 is 0 Å². The summed E-state index contributed by atoms with van der Waals surface area (Å²) in [7, 11) is 4.42. The molecule has 134 heavy (non-hydrogen) atoms. The first-order chi connectivity index (χ1) is 61.2. The molecule has 0 radical (unpaired) electrons. The van der Waals surface area contributed by atoms with E-state index in [0.29, 0.717) is 49.7 Å². The zero-order valence-electron chi connectivity index (χ0n) is 92.5. The molecule has 11 aliphatic rings. The Morgan fingerprint density at radius 2 is 0.687 bits per heavy atom. The van der Waals surface area contributed by atoms with E-state index in [1.807, 2.05) is 22.9 Å². The van der Waals surface area contributed by atoms with Gasteiger partial charge in [-0.05, 0) is 395 Å². The average Bonchev–Trinajstić information content (AvgIpc) is 1.75. The van der Waals surface area contributed by atoms with Crippen LogP contribution in [0.3, 0.4) is 0 Å². The molecule has 17 rings (SSSR count). The van der Waals surface area contributed by atoms with Crippen LogP contribution in [0.5, 0.6) is 0 Å². The van der Waals surface area contributed by atoms with Gasteiger partial charge >= 0.3 is 0 Å². The Labute approximate surface area is 827 Å². The van der Waals surface area contributed by atoms with E-state index in [0.717, 1.165) is 80.5 Å². The van der Waals surface area contributed by atoms with E-state index in [2.05, 4.69) is 399 Å². The molecule has 14 heterocycles. The maximum Gasteiger partial charge on any atom is 0.141 e. The first-order valence-electron chi connectivity index (χ1n) is 52.7. The Bertz CT molecular complexity index is 3920. The second kappa shape index (κ2) is 53.2. The molecule has 1 unspecified atom stereocenters. The molecular weight excluding hydrogens is 1650 g/mol. The van der Waals surface area contributed by atoms with Crippen LogP contribution in [0, 0.1) is 11.3 Å². The third-order valence-corrected chi connectivity index (χ3v) is 29.5. The number of hydrogen-bond donors (Lipinski definition) is 1. The van der Waals surface area contributed by atoms with Gasteiger partial charge in [-0.15, -0.1) is 0 Å². The van der Waals surface area contributed by atoms with E-state index in [1.165, 1.54) is 249 Å². The number of likely N-dealkylation sites (tertiary alicyclic amines) is 4. The molecular formula is C116H214N18. The molecule has 3 aromatic carbocycles. The van der Waals surface area contributed by atoms with Crippen molar-refractivity contribution in [1.82, 2.24) is 88.1 Å². The predicted octanol–water partition coefficient (Wildman–Crippen LogP) is 24.6. The van der Waals surface area contributed by atoms with Gasteiger partial charge in [0.25, 0.3) is 0 Å². The third kappa shape index (κ3) is 41.3. The van der Waals surface area contributed by atoms with Gasteiger partial charge < -0.3 is 19.4 Å². The minimum atomic E-state index is 0. The number of piperidine rings is 4. The SMILES string of the molecule is C.C.CC(C)(C)N1CCCC1.CC(C)(C)N1CCCCC1.CC(C)(C)N1CCCCC1.CC(C)(C)N1CCN2CCCCC2C1.CC(C)(C)N1CCc2ccccc2C1.CC(C)(C)N1CCc2ccccc2C1.CC(C)(C)N1CCn2cccc2C1.CC(C)(C)N1CCn2ncnc2C1.CC(C)(C)c1nc2ccccc2[nH]1.CN1CCC(C(C)(C)C)CC1.CN1CCN(C(C)(C)C)CC1. The molecule has 7 saturated heterocycles. The number of para-hydroxylation sites is 2. The number of imidazole rings is 1. The lowest BCUT2D eigenvalue weighted by Gasteiger charge is -2.48. The highest BCUT2D eigenvalue weighted by Crippen LogP contribution is 2.35. The number of piperazine rings is 2. The number of H-pyrrole nitrogens is 1. The van der Waals surface area contributed by atoms with E-state index in [1.54, 1.807) is 6.33 Å². The van der Waals surface area contributed by atoms with Crippen LogP contribution in [0.4, 0.5) is 0 Å². The third-order valence-electron chi connectivity index (χ3n) is 29.5. The molecule has 18 heteroatoms. The van der Waals surface area contributed by atoms with Crippen molar-refractivity contribution < 1.29 is 0 Å². The molecule has 0 spiro atoms. The van der Waals surface area contributed by atoms with Crippen molar-refractivity contribution in [2.75, 3.05) is 145 Å². The fourth-order valence-corrected chi connectivity index (χ4v) is 19.6. The van der Waals surface area contributed by atoms with E-state index in [4.69, 9.17) is 0 Å². The monoisotopic (exact) mass is 1860 g/mol. The molecule has 0 bridgehead atoms. The fraction of sp³-hybridized carbons (Fsp3) is 0.784. The summed E-state index contributed by atoms with van der Waals surface area (Å²) in [6, 6.07) is 30.9. The highest BCUT2D eigenvalue weighted by molar-refractivity contribution is 5.75. The van der Waals surface area contributed by atoms with Crippen molar-refractivity contribution in [2.24, 2.45) is 11.3 Å². The van der Waals surface area contributed by atoms with Crippen LogP contribution in [0.1, 0.15) is 366 Å². The molecule has 3 aromatic heterocycles. The van der Waals surface area contributed by atoms with Crippen LogP contribution in [0.25, 0.3) is 11.0 Å². The number of fused-ring (bicyclic) bond motifs is 6. The molecule has 6 aromatic rings. The van der Waals surface area contributed by atoms with Crippen LogP contribution in [0.15, 0.2) is 97.5 Å². The normalized spacial score (nSPS) is 20.8. The molecule has 1 atom stereocenters. The highest BCUT2D eigenvalue weighted by Gasteiger charge is 2.36. The van der Waals surface area contributed by atoms with Crippen molar-refractivity contribution in [2.45, 2.75) is 440 Å². The van der Waals surface area contributed by atoms with E-state index in [9.17, 15) is 0 Å². The van der Waals surface area contributed by atoms with Crippen LogP contribution in [-0.4, -0.2) is 289 Å².